The highest BCUT2D eigenvalue weighted by Gasteiger charge is 2.24. The maximum Gasteiger partial charge on any atom is 0.430 e. The molecule has 1 amide bonds. The molecule has 0 bridgehead atoms. The number of carbonyl (C=O) groups is 1. The van der Waals surface area contributed by atoms with Crippen molar-refractivity contribution in [2.45, 2.75) is 26.2 Å². The van der Waals surface area contributed by atoms with Gasteiger partial charge in [0.25, 0.3) is 0 Å². The summed E-state index contributed by atoms with van der Waals surface area (Å²) in [6, 6.07) is 0. The fraction of sp³-hybridized carbons (Fsp3) is 0.778. The largest absolute Gasteiger partial charge is 0.430 e. The van der Waals surface area contributed by atoms with E-state index < -0.39 is 13.7 Å². The first-order chi connectivity index (χ1) is 7.97. The number of carbonyl (C=O) groups excluding carboxylic acids is 1. The van der Waals surface area contributed by atoms with Gasteiger partial charge in [-0.2, -0.15) is 0 Å². The average molecular weight is 266 g/mol. The smallest absolute Gasteiger partial charge is 0.333 e. The van der Waals surface area contributed by atoms with E-state index in [1.807, 2.05) is 6.92 Å². The van der Waals surface area contributed by atoms with Crippen LogP contribution >= 0.6 is 7.60 Å². The Balaban J connectivity index is 4.62. The molecule has 0 fully saturated rings. The van der Waals surface area contributed by atoms with Crippen LogP contribution in [0.3, 0.4) is 0 Å². The van der Waals surface area contributed by atoms with Crippen LogP contribution in [-0.4, -0.2) is 32.2 Å². The van der Waals surface area contributed by atoms with Gasteiger partial charge in [-0.05, 0) is 12.8 Å². The highest BCUT2D eigenvalue weighted by molar-refractivity contribution is 7.54. The van der Waals surface area contributed by atoms with Gasteiger partial charge in [0.1, 0.15) is 0 Å². The molecule has 0 aliphatic heterocycles. The minimum absolute atomic E-state index is 0.0206. The normalized spacial score (nSPS) is 12.5. The molecule has 0 saturated carbocycles. The minimum Gasteiger partial charge on any atom is -0.333 e. The second kappa shape index (κ2) is 8.22. The van der Waals surface area contributed by atoms with Crippen molar-refractivity contribution < 1.29 is 23.2 Å². The number of oxime groups is 1. The Labute approximate surface area is 101 Å². The monoisotopic (exact) mass is 266 g/mol. The molecule has 17 heavy (non-hydrogen) atoms. The molecule has 100 valence electrons. The first-order valence-corrected chi connectivity index (χ1v) is 6.93. The lowest BCUT2D eigenvalue weighted by Crippen LogP contribution is -2.14. The Morgan fingerprint density at radius 3 is 2.35 bits per heavy atom. The number of hydrogen-bond acceptors (Lipinski definition) is 6. The third kappa shape index (κ3) is 7.10. The lowest BCUT2D eigenvalue weighted by atomic mass is 10.2. The number of unbranched alkanes of at least 4 members (excludes halogenated alkanes) is 1. The molecule has 0 aromatic rings. The minimum atomic E-state index is -3.20. The van der Waals surface area contributed by atoms with E-state index in [-0.39, 0.29) is 6.16 Å². The summed E-state index contributed by atoms with van der Waals surface area (Å²) >= 11 is 0. The molecule has 0 aromatic heterocycles. The Morgan fingerprint density at radius 1 is 1.35 bits per heavy atom. The summed E-state index contributed by atoms with van der Waals surface area (Å²) in [6.07, 6.45) is 1.27. The number of nitrogens with two attached hydrogens (primary N) is 1. The Hall–Kier alpha value is -0.910. The van der Waals surface area contributed by atoms with Crippen molar-refractivity contribution in [2.75, 3.05) is 20.4 Å². The van der Waals surface area contributed by atoms with Crippen LogP contribution in [0.4, 0.5) is 4.79 Å². The molecule has 0 radical (unpaired) electrons. The van der Waals surface area contributed by atoms with Crippen molar-refractivity contribution in [1.82, 2.24) is 0 Å². The van der Waals surface area contributed by atoms with Gasteiger partial charge in [0.15, 0.2) is 0 Å². The van der Waals surface area contributed by atoms with Crippen molar-refractivity contribution in [3.05, 3.63) is 0 Å². The Kier molecular flexibility index (Phi) is 7.78. The summed E-state index contributed by atoms with van der Waals surface area (Å²) in [4.78, 5) is 14.8. The standard InChI is InChI=1S/C9H19N2O5P/c1-4-5-6-8(11-16-9(10)12)7-17(13,14-2)15-3/h4-7H2,1-3H3,(H2,10,12). The van der Waals surface area contributed by atoms with Crippen LogP contribution in [0, 0.1) is 0 Å². The lowest BCUT2D eigenvalue weighted by Gasteiger charge is -2.14. The number of amides is 1. The van der Waals surface area contributed by atoms with Crippen molar-refractivity contribution >= 4 is 19.4 Å². The van der Waals surface area contributed by atoms with E-state index in [0.717, 1.165) is 12.8 Å². The van der Waals surface area contributed by atoms with Crippen LogP contribution in [-0.2, 0) is 18.5 Å². The number of rotatable bonds is 8. The third-order valence-corrected chi connectivity index (χ3v) is 3.88. The number of primary amides is 1. The molecule has 8 heteroatoms. The predicted octanol–water partition coefficient (Wildman–Crippen LogP) is 2.11. The molecule has 0 aliphatic carbocycles. The molecule has 0 rings (SSSR count). The van der Waals surface area contributed by atoms with E-state index in [1.165, 1.54) is 14.2 Å². The number of hydrogen-bond donors (Lipinski definition) is 1. The topological polar surface area (TPSA) is 100 Å². The van der Waals surface area contributed by atoms with E-state index in [4.69, 9.17) is 14.8 Å². The summed E-state index contributed by atoms with van der Waals surface area (Å²) < 4.78 is 21.4. The van der Waals surface area contributed by atoms with Gasteiger partial charge in [0.05, 0.1) is 11.9 Å². The molecule has 0 heterocycles. The van der Waals surface area contributed by atoms with E-state index in [9.17, 15) is 9.36 Å². The summed E-state index contributed by atoms with van der Waals surface area (Å²) in [5, 5.41) is 3.55. The maximum atomic E-state index is 11.9. The maximum absolute atomic E-state index is 11.9. The van der Waals surface area contributed by atoms with Crippen molar-refractivity contribution in [2.24, 2.45) is 10.9 Å². The van der Waals surface area contributed by atoms with Crippen LogP contribution in [0.25, 0.3) is 0 Å². The highest BCUT2D eigenvalue weighted by atomic mass is 31.2. The van der Waals surface area contributed by atoms with Gasteiger partial charge in [0.2, 0.25) is 0 Å². The zero-order chi connectivity index (χ0) is 13.3. The highest BCUT2D eigenvalue weighted by Crippen LogP contribution is 2.46. The second-order valence-corrected chi connectivity index (χ2v) is 5.57. The summed E-state index contributed by atoms with van der Waals surface area (Å²) in [5.74, 6) is 0. The Morgan fingerprint density at radius 2 is 1.94 bits per heavy atom. The molecule has 0 unspecified atom stereocenters. The quantitative estimate of drug-likeness (QED) is 0.314. The number of nitrogens with zero attached hydrogens (tertiary/aromatic N) is 1. The third-order valence-electron chi connectivity index (χ3n) is 2.02. The van der Waals surface area contributed by atoms with E-state index >= 15 is 0 Å². The summed E-state index contributed by atoms with van der Waals surface area (Å²) in [5.41, 5.74) is 5.23. The molecule has 0 aliphatic rings. The van der Waals surface area contributed by atoms with Crippen LogP contribution in [0.2, 0.25) is 0 Å². The zero-order valence-corrected chi connectivity index (χ0v) is 11.2. The second-order valence-electron chi connectivity index (χ2n) is 3.31. The Bertz CT molecular complexity index is 311. The van der Waals surface area contributed by atoms with Gasteiger partial charge >= 0.3 is 13.7 Å². The first-order valence-electron chi connectivity index (χ1n) is 5.20. The van der Waals surface area contributed by atoms with Gasteiger partial charge in [-0.15, -0.1) is 0 Å². The van der Waals surface area contributed by atoms with Crippen molar-refractivity contribution in [3.8, 4) is 0 Å². The predicted molar refractivity (Wildman–Crippen MR) is 64.1 cm³/mol. The van der Waals surface area contributed by atoms with Crippen molar-refractivity contribution in [1.29, 1.82) is 0 Å². The SMILES string of the molecule is CCCCC(CP(=O)(OC)OC)=NOC(N)=O. The van der Waals surface area contributed by atoms with Crippen molar-refractivity contribution in [3.63, 3.8) is 0 Å². The fourth-order valence-electron chi connectivity index (χ4n) is 1.07. The van der Waals surface area contributed by atoms with Crippen LogP contribution in [0.15, 0.2) is 5.16 Å². The van der Waals surface area contributed by atoms with Gasteiger partial charge in [-0.3, -0.25) is 9.40 Å². The summed E-state index contributed by atoms with van der Waals surface area (Å²) in [6.45, 7) is 2.00. The molecular weight excluding hydrogens is 247 g/mol. The van der Waals surface area contributed by atoms with E-state index in [0.29, 0.717) is 12.1 Å². The van der Waals surface area contributed by atoms with Gasteiger partial charge in [0, 0.05) is 14.2 Å². The van der Waals surface area contributed by atoms with E-state index in [2.05, 4.69) is 9.99 Å². The van der Waals surface area contributed by atoms with Gasteiger partial charge in [-0.25, -0.2) is 4.79 Å². The molecular formula is C9H19N2O5P. The molecule has 7 nitrogen and oxygen atoms in total. The molecule has 2 N–H and O–H groups in total. The average Bonchev–Trinajstić information content (AvgIpc) is 2.32. The van der Waals surface area contributed by atoms with Gasteiger partial charge in [-0.1, -0.05) is 18.5 Å². The lowest BCUT2D eigenvalue weighted by molar-refractivity contribution is 0.161. The molecule has 0 atom stereocenters. The van der Waals surface area contributed by atoms with Crippen LogP contribution < -0.4 is 5.73 Å². The van der Waals surface area contributed by atoms with Gasteiger partial charge < -0.3 is 14.8 Å². The molecule has 0 aromatic carbocycles. The van der Waals surface area contributed by atoms with E-state index in [1.54, 1.807) is 0 Å². The molecule has 0 spiro atoms. The zero-order valence-electron chi connectivity index (χ0n) is 10.3. The molecule has 0 saturated heterocycles. The summed E-state index contributed by atoms with van der Waals surface area (Å²) in [7, 11) is -0.624. The fourth-order valence-corrected chi connectivity index (χ4v) is 2.14. The first kappa shape index (κ1) is 16.1. The van der Waals surface area contributed by atoms with Crippen LogP contribution in [0.1, 0.15) is 26.2 Å². The van der Waals surface area contributed by atoms with Crippen LogP contribution in [0.5, 0.6) is 0 Å².